The first kappa shape index (κ1) is 10.6. The first-order valence-corrected chi connectivity index (χ1v) is 5.94. The van der Waals surface area contributed by atoms with Gasteiger partial charge in [-0.1, -0.05) is 13.3 Å². The van der Waals surface area contributed by atoms with Crippen LogP contribution in [0.2, 0.25) is 0 Å². The van der Waals surface area contributed by atoms with Gasteiger partial charge in [-0.3, -0.25) is 4.98 Å². The van der Waals surface area contributed by atoms with Crippen LogP contribution in [0.25, 0.3) is 0 Å². The number of pyridine rings is 1. The molecule has 0 amide bonds. The van der Waals surface area contributed by atoms with E-state index in [1.165, 1.54) is 30.4 Å². The highest BCUT2D eigenvalue weighted by Crippen LogP contribution is 2.34. The Balaban J connectivity index is 1.78. The number of hydrogen-bond acceptors (Lipinski definition) is 2. The zero-order valence-corrected chi connectivity index (χ0v) is 9.66. The molecule has 0 aromatic carbocycles. The van der Waals surface area contributed by atoms with Gasteiger partial charge >= 0.3 is 0 Å². The molecule has 2 heteroatoms. The average Bonchev–Trinajstić information content (AvgIpc) is 2.96. The molecule has 1 aromatic heterocycles. The van der Waals surface area contributed by atoms with Crippen LogP contribution < -0.4 is 5.32 Å². The SMILES string of the molecule is CCCC1CC1NCc1cnccc1C. The smallest absolute Gasteiger partial charge is 0.0315 e. The van der Waals surface area contributed by atoms with Crippen molar-refractivity contribution in [3.8, 4) is 0 Å². The second kappa shape index (κ2) is 4.75. The molecule has 1 N–H and O–H groups in total. The van der Waals surface area contributed by atoms with Gasteiger partial charge in [-0.25, -0.2) is 0 Å². The van der Waals surface area contributed by atoms with Crippen LogP contribution in [0.5, 0.6) is 0 Å². The fourth-order valence-corrected chi connectivity index (χ4v) is 2.11. The van der Waals surface area contributed by atoms with Gasteiger partial charge in [0.15, 0.2) is 0 Å². The number of hydrogen-bond donors (Lipinski definition) is 1. The molecule has 1 aromatic rings. The molecule has 15 heavy (non-hydrogen) atoms. The second-order valence-corrected chi connectivity index (χ2v) is 4.57. The summed E-state index contributed by atoms with van der Waals surface area (Å²) in [6, 6.07) is 2.84. The minimum absolute atomic E-state index is 0.768. The predicted octanol–water partition coefficient (Wildman–Crippen LogP) is 2.67. The molecule has 0 saturated heterocycles. The van der Waals surface area contributed by atoms with Crippen molar-refractivity contribution in [2.75, 3.05) is 0 Å². The van der Waals surface area contributed by atoms with Gasteiger partial charge in [0.2, 0.25) is 0 Å². The van der Waals surface area contributed by atoms with Gasteiger partial charge in [0.25, 0.3) is 0 Å². The predicted molar refractivity (Wildman–Crippen MR) is 62.6 cm³/mol. The van der Waals surface area contributed by atoms with Gasteiger partial charge in [0.1, 0.15) is 0 Å². The van der Waals surface area contributed by atoms with E-state index >= 15 is 0 Å². The van der Waals surface area contributed by atoms with Crippen molar-refractivity contribution in [2.45, 2.75) is 45.7 Å². The summed E-state index contributed by atoms with van der Waals surface area (Å²) in [5, 5.41) is 3.61. The number of rotatable bonds is 5. The maximum Gasteiger partial charge on any atom is 0.0315 e. The van der Waals surface area contributed by atoms with E-state index in [0.29, 0.717) is 0 Å². The third-order valence-electron chi connectivity index (χ3n) is 3.28. The van der Waals surface area contributed by atoms with E-state index in [-0.39, 0.29) is 0 Å². The number of aromatic nitrogens is 1. The zero-order valence-electron chi connectivity index (χ0n) is 9.66. The number of nitrogens with zero attached hydrogens (tertiary/aromatic N) is 1. The van der Waals surface area contributed by atoms with Crippen LogP contribution in [-0.4, -0.2) is 11.0 Å². The second-order valence-electron chi connectivity index (χ2n) is 4.57. The maximum absolute atomic E-state index is 4.16. The molecule has 2 unspecified atom stereocenters. The van der Waals surface area contributed by atoms with E-state index in [0.717, 1.165) is 18.5 Å². The third kappa shape index (κ3) is 2.78. The van der Waals surface area contributed by atoms with E-state index in [1.807, 2.05) is 12.4 Å². The summed E-state index contributed by atoms with van der Waals surface area (Å²) >= 11 is 0. The Morgan fingerprint density at radius 1 is 1.53 bits per heavy atom. The van der Waals surface area contributed by atoms with Gasteiger partial charge in [-0.15, -0.1) is 0 Å². The van der Waals surface area contributed by atoms with Crippen molar-refractivity contribution in [3.63, 3.8) is 0 Å². The largest absolute Gasteiger partial charge is 0.310 e. The molecule has 82 valence electrons. The lowest BCUT2D eigenvalue weighted by atomic mass is 10.1. The molecule has 2 nitrogen and oxygen atoms in total. The molecule has 1 heterocycles. The van der Waals surface area contributed by atoms with Gasteiger partial charge in [0, 0.05) is 25.0 Å². The molecule has 1 aliphatic rings. The van der Waals surface area contributed by atoms with Crippen molar-refractivity contribution in [2.24, 2.45) is 5.92 Å². The summed E-state index contributed by atoms with van der Waals surface area (Å²) in [7, 11) is 0. The van der Waals surface area contributed by atoms with Crippen LogP contribution in [-0.2, 0) is 6.54 Å². The summed E-state index contributed by atoms with van der Waals surface area (Å²) in [5.74, 6) is 0.937. The Morgan fingerprint density at radius 2 is 2.40 bits per heavy atom. The van der Waals surface area contributed by atoms with Crippen LogP contribution in [0.15, 0.2) is 18.5 Å². The molecule has 1 aliphatic carbocycles. The Bertz CT molecular complexity index is 322. The molecule has 0 radical (unpaired) electrons. The minimum atomic E-state index is 0.768. The van der Waals surface area contributed by atoms with E-state index in [2.05, 4.69) is 30.2 Å². The molecular weight excluding hydrogens is 184 g/mol. The standard InChI is InChI=1S/C13H20N2/c1-3-4-11-7-13(11)15-9-12-8-14-6-5-10(12)2/h5-6,8,11,13,15H,3-4,7,9H2,1-2H3. The number of aryl methyl sites for hydroxylation is 1. The number of nitrogens with one attached hydrogen (secondary N) is 1. The quantitative estimate of drug-likeness (QED) is 0.797. The Labute approximate surface area is 92.1 Å². The van der Waals surface area contributed by atoms with E-state index in [4.69, 9.17) is 0 Å². The monoisotopic (exact) mass is 204 g/mol. The van der Waals surface area contributed by atoms with Gasteiger partial charge in [-0.2, -0.15) is 0 Å². The maximum atomic E-state index is 4.16. The topological polar surface area (TPSA) is 24.9 Å². The summed E-state index contributed by atoms with van der Waals surface area (Å²) < 4.78 is 0. The zero-order chi connectivity index (χ0) is 10.7. The van der Waals surface area contributed by atoms with Crippen molar-refractivity contribution in [3.05, 3.63) is 29.6 Å². The fourth-order valence-electron chi connectivity index (χ4n) is 2.11. The molecule has 1 fully saturated rings. The lowest BCUT2D eigenvalue weighted by Gasteiger charge is -2.06. The normalized spacial score (nSPS) is 24.1. The summed E-state index contributed by atoms with van der Waals surface area (Å²) in [4.78, 5) is 4.16. The van der Waals surface area contributed by atoms with Gasteiger partial charge < -0.3 is 5.32 Å². The van der Waals surface area contributed by atoms with Crippen molar-refractivity contribution >= 4 is 0 Å². The van der Waals surface area contributed by atoms with Gasteiger partial charge in [-0.05, 0) is 42.9 Å². The van der Waals surface area contributed by atoms with Crippen molar-refractivity contribution < 1.29 is 0 Å². The Hall–Kier alpha value is -0.890. The lowest BCUT2D eigenvalue weighted by Crippen LogP contribution is -2.18. The Kier molecular flexibility index (Phi) is 3.37. The summed E-state index contributed by atoms with van der Waals surface area (Å²) in [6.45, 7) is 5.39. The highest BCUT2D eigenvalue weighted by Gasteiger charge is 2.35. The molecular formula is C13H20N2. The summed E-state index contributed by atoms with van der Waals surface area (Å²) in [5.41, 5.74) is 2.67. The van der Waals surface area contributed by atoms with Crippen LogP contribution in [0.1, 0.15) is 37.3 Å². The first-order valence-electron chi connectivity index (χ1n) is 5.94. The molecule has 2 atom stereocenters. The lowest BCUT2D eigenvalue weighted by molar-refractivity contribution is 0.597. The fraction of sp³-hybridized carbons (Fsp3) is 0.615. The van der Waals surface area contributed by atoms with Gasteiger partial charge in [0.05, 0.1) is 0 Å². The van der Waals surface area contributed by atoms with E-state index in [9.17, 15) is 0 Å². The van der Waals surface area contributed by atoms with E-state index in [1.54, 1.807) is 0 Å². The highest BCUT2D eigenvalue weighted by molar-refractivity contribution is 5.21. The van der Waals surface area contributed by atoms with Crippen molar-refractivity contribution in [1.82, 2.24) is 10.3 Å². The highest BCUT2D eigenvalue weighted by atomic mass is 15.0. The third-order valence-corrected chi connectivity index (χ3v) is 3.28. The first-order chi connectivity index (χ1) is 7.31. The van der Waals surface area contributed by atoms with Crippen molar-refractivity contribution in [1.29, 1.82) is 0 Å². The average molecular weight is 204 g/mol. The van der Waals surface area contributed by atoms with Crippen LogP contribution in [0.4, 0.5) is 0 Å². The Morgan fingerprint density at radius 3 is 3.13 bits per heavy atom. The van der Waals surface area contributed by atoms with Crippen LogP contribution >= 0.6 is 0 Å². The molecule has 0 aliphatic heterocycles. The molecule has 1 saturated carbocycles. The molecule has 0 bridgehead atoms. The van der Waals surface area contributed by atoms with Crippen LogP contribution in [0.3, 0.4) is 0 Å². The van der Waals surface area contributed by atoms with E-state index < -0.39 is 0 Å². The molecule has 2 rings (SSSR count). The van der Waals surface area contributed by atoms with Crippen LogP contribution in [0, 0.1) is 12.8 Å². The minimum Gasteiger partial charge on any atom is -0.310 e. The summed E-state index contributed by atoms with van der Waals surface area (Å²) in [6.07, 6.45) is 7.89. The molecule has 0 spiro atoms.